The van der Waals surface area contributed by atoms with Gasteiger partial charge < -0.3 is 0 Å². The van der Waals surface area contributed by atoms with Crippen LogP contribution in [-0.4, -0.2) is 27.3 Å². The molecule has 156 valence electrons. The van der Waals surface area contributed by atoms with Crippen LogP contribution in [0, 0.1) is 12.7 Å². The summed E-state index contributed by atoms with van der Waals surface area (Å²) in [6.45, 7) is 4.40. The lowest BCUT2D eigenvalue weighted by molar-refractivity contribution is 0.249. The predicted octanol–water partition coefficient (Wildman–Crippen LogP) is 4.35. The second-order valence-corrected chi connectivity index (χ2v) is 8.79. The Morgan fingerprint density at radius 3 is 2.71 bits per heavy atom. The van der Waals surface area contributed by atoms with Gasteiger partial charge in [0.25, 0.3) is 5.56 Å². The van der Waals surface area contributed by atoms with E-state index in [1.54, 1.807) is 36.6 Å². The SMILES string of the molecule is Cc1nc2sc3c(c2c(=O)n1/N=C/c1ccc(F)cc1)CCN(Cc1ccccc1)C3. The van der Waals surface area contributed by atoms with Crippen molar-refractivity contribution in [2.24, 2.45) is 5.10 Å². The molecule has 1 aliphatic heterocycles. The molecule has 3 heterocycles. The summed E-state index contributed by atoms with van der Waals surface area (Å²) in [5, 5.41) is 5.02. The fourth-order valence-electron chi connectivity index (χ4n) is 3.97. The summed E-state index contributed by atoms with van der Waals surface area (Å²) >= 11 is 1.61. The monoisotopic (exact) mass is 432 g/mol. The van der Waals surface area contributed by atoms with E-state index in [1.807, 2.05) is 6.07 Å². The number of halogens is 1. The van der Waals surface area contributed by atoms with Crippen molar-refractivity contribution in [3.05, 3.63) is 98.2 Å². The van der Waals surface area contributed by atoms with Crippen LogP contribution in [0.15, 0.2) is 64.5 Å². The van der Waals surface area contributed by atoms with Crippen molar-refractivity contribution in [2.75, 3.05) is 6.54 Å². The summed E-state index contributed by atoms with van der Waals surface area (Å²) in [6.07, 6.45) is 2.38. The van der Waals surface area contributed by atoms with Crippen molar-refractivity contribution < 1.29 is 4.39 Å². The summed E-state index contributed by atoms with van der Waals surface area (Å²) in [6, 6.07) is 16.4. The molecule has 0 saturated carbocycles. The first-order valence-electron chi connectivity index (χ1n) is 10.2. The second kappa shape index (κ2) is 8.17. The molecule has 0 aliphatic carbocycles. The number of thiophene rings is 1. The van der Waals surface area contributed by atoms with Crippen LogP contribution in [0.1, 0.15) is 27.4 Å². The summed E-state index contributed by atoms with van der Waals surface area (Å²) < 4.78 is 14.5. The maximum Gasteiger partial charge on any atom is 0.283 e. The minimum Gasteiger partial charge on any atom is -0.294 e. The highest BCUT2D eigenvalue weighted by Crippen LogP contribution is 2.33. The van der Waals surface area contributed by atoms with Crippen LogP contribution in [0.25, 0.3) is 10.2 Å². The molecule has 7 heteroatoms. The lowest BCUT2D eigenvalue weighted by Gasteiger charge is -2.26. The highest BCUT2D eigenvalue weighted by molar-refractivity contribution is 7.18. The van der Waals surface area contributed by atoms with Crippen molar-refractivity contribution in [2.45, 2.75) is 26.4 Å². The van der Waals surface area contributed by atoms with Gasteiger partial charge in [0.05, 0.1) is 11.6 Å². The van der Waals surface area contributed by atoms with E-state index >= 15 is 0 Å². The fourth-order valence-corrected chi connectivity index (χ4v) is 5.27. The zero-order valence-corrected chi connectivity index (χ0v) is 17.9. The third-order valence-corrected chi connectivity index (χ3v) is 6.65. The number of rotatable bonds is 4. The van der Waals surface area contributed by atoms with Gasteiger partial charge in [0, 0.05) is 24.5 Å². The Balaban J connectivity index is 1.47. The molecule has 1 aliphatic rings. The number of aromatic nitrogens is 2. The number of hydrogen-bond donors (Lipinski definition) is 0. The number of fused-ring (bicyclic) bond motifs is 3. The van der Waals surface area contributed by atoms with E-state index in [1.165, 1.54) is 27.2 Å². The molecule has 4 aromatic rings. The first kappa shape index (κ1) is 19.8. The highest BCUT2D eigenvalue weighted by Gasteiger charge is 2.24. The van der Waals surface area contributed by atoms with Gasteiger partial charge in [0.2, 0.25) is 0 Å². The van der Waals surface area contributed by atoms with Crippen molar-refractivity contribution in [1.29, 1.82) is 0 Å². The van der Waals surface area contributed by atoms with Crippen LogP contribution < -0.4 is 5.56 Å². The van der Waals surface area contributed by atoms with Gasteiger partial charge in [-0.2, -0.15) is 9.78 Å². The number of aryl methyl sites for hydroxylation is 1. The van der Waals surface area contributed by atoms with Gasteiger partial charge >= 0.3 is 0 Å². The third kappa shape index (κ3) is 3.94. The second-order valence-electron chi connectivity index (χ2n) is 7.70. The van der Waals surface area contributed by atoms with Gasteiger partial charge in [-0.25, -0.2) is 9.37 Å². The van der Waals surface area contributed by atoms with Gasteiger partial charge in [0.1, 0.15) is 16.5 Å². The van der Waals surface area contributed by atoms with Crippen LogP contribution in [0.5, 0.6) is 0 Å². The Morgan fingerprint density at radius 1 is 1.16 bits per heavy atom. The maximum absolute atomic E-state index is 13.3. The first-order chi connectivity index (χ1) is 15.1. The van der Waals surface area contributed by atoms with Gasteiger partial charge in [-0.15, -0.1) is 11.3 Å². The molecule has 0 spiro atoms. The van der Waals surface area contributed by atoms with E-state index in [9.17, 15) is 9.18 Å². The standard InChI is InChI=1S/C24H21FN4OS/c1-16-27-23-22(24(30)29(16)26-13-17-7-9-19(25)10-8-17)20-11-12-28(15-21(20)31-23)14-18-5-3-2-4-6-18/h2-10,13H,11-12,14-15H2,1H3/b26-13+. The van der Waals surface area contributed by atoms with Crippen LogP contribution in [0.2, 0.25) is 0 Å². The lowest BCUT2D eigenvalue weighted by Crippen LogP contribution is -2.30. The van der Waals surface area contributed by atoms with Crippen molar-refractivity contribution in [3.8, 4) is 0 Å². The Labute approximate surface area is 183 Å². The molecule has 0 bridgehead atoms. The fraction of sp³-hybridized carbons (Fsp3) is 0.208. The molecule has 5 nitrogen and oxygen atoms in total. The first-order valence-corrected chi connectivity index (χ1v) is 11.0. The topological polar surface area (TPSA) is 50.5 Å². The highest BCUT2D eigenvalue weighted by atomic mass is 32.1. The van der Waals surface area contributed by atoms with E-state index in [4.69, 9.17) is 0 Å². The third-order valence-electron chi connectivity index (χ3n) is 5.53. The van der Waals surface area contributed by atoms with Crippen molar-refractivity contribution >= 4 is 27.8 Å². The van der Waals surface area contributed by atoms with Crippen molar-refractivity contribution in [3.63, 3.8) is 0 Å². The molecule has 2 aromatic heterocycles. The van der Waals surface area contributed by atoms with E-state index in [0.717, 1.165) is 42.0 Å². The molecule has 0 N–H and O–H groups in total. The zero-order valence-electron chi connectivity index (χ0n) is 17.1. The average molecular weight is 433 g/mol. The smallest absolute Gasteiger partial charge is 0.283 e. The molecule has 5 rings (SSSR count). The molecule has 0 fully saturated rings. The lowest BCUT2D eigenvalue weighted by atomic mass is 10.0. The van der Waals surface area contributed by atoms with Crippen LogP contribution in [0.3, 0.4) is 0 Å². The molecule has 0 amide bonds. The molecular formula is C24H21FN4OS. The summed E-state index contributed by atoms with van der Waals surface area (Å²) in [7, 11) is 0. The normalized spacial score (nSPS) is 14.4. The van der Waals surface area contributed by atoms with Crippen LogP contribution in [0.4, 0.5) is 4.39 Å². The quantitative estimate of drug-likeness (QED) is 0.451. The number of benzene rings is 2. The largest absolute Gasteiger partial charge is 0.294 e. The Hall–Kier alpha value is -3.16. The molecule has 0 atom stereocenters. The minimum atomic E-state index is -0.306. The molecule has 0 saturated heterocycles. The Kier molecular flexibility index (Phi) is 5.21. The summed E-state index contributed by atoms with van der Waals surface area (Å²) in [5.74, 6) is 0.232. The summed E-state index contributed by atoms with van der Waals surface area (Å²) in [4.78, 5) is 22.3. The van der Waals surface area contributed by atoms with Crippen LogP contribution >= 0.6 is 11.3 Å². The zero-order chi connectivity index (χ0) is 21.4. The molecule has 31 heavy (non-hydrogen) atoms. The average Bonchev–Trinajstić information content (AvgIpc) is 3.13. The van der Waals surface area contributed by atoms with Crippen molar-refractivity contribution in [1.82, 2.24) is 14.6 Å². The van der Waals surface area contributed by atoms with E-state index < -0.39 is 0 Å². The number of hydrogen-bond acceptors (Lipinski definition) is 5. The maximum atomic E-state index is 13.3. The van der Waals surface area contributed by atoms with Gasteiger partial charge in [-0.1, -0.05) is 42.5 Å². The molecule has 0 unspecified atom stereocenters. The Morgan fingerprint density at radius 2 is 1.94 bits per heavy atom. The predicted molar refractivity (Wildman–Crippen MR) is 122 cm³/mol. The van der Waals surface area contributed by atoms with Gasteiger partial charge in [-0.3, -0.25) is 9.69 Å². The number of nitrogens with zero attached hydrogens (tertiary/aromatic N) is 4. The van der Waals surface area contributed by atoms with E-state index in [2.05, 4.69) is 39.3 Å². The summed E-state index contributed by atoms with van der Waals surface area (Å²) in [5.41, 5.74) is 2.97. The molecular weight excluding hydrogens is 411 g/mol. The molecule has 2 aromatic carbocycles. The molecule has 0 radical (unpaired) electrons. The van der Waals surface area contributed by atoms with Crippen LogP contribution in [-0.2, 0) is 19.5 Å². The van der Waals surface area contributed by atoms with E-state index in [-0.39, 0.29) is 11.4 Å². The van der Waals surface area contributed by atoms with Gasteiger partial charge in [0.15, 0.2) is 0 Å². The minimum absolute atomic E-state index is 0.144. The Bertz CT molecular complexity index is 1330. The van der Waals surface area contributed by atoms with Gasteiger partial charge in [-0.05, 0) is 42.2 Å². The van der Waals surface area contributed by atoms with E-state index in [0.29, 0.717) is 11.2 Å².